The van der Waals surface area contributed by atoms with Gasteiger partial charge >= 0.3 is 0 Å². The highest BCUT2D eigenvalue weighted by Gasteiger charge is 2.16. The van der Waals surface area contributed by atoms with Crippen molar-refractivity contribution in [3.8, 4) is 5.69 Å². The molecular formula is C24H21ClN4OS. The Kier molecular flexibility index (Phi) is 7.02. The monoisotopic (exact) mass is 448 g/mol. The van der Waals surface area contributed by atoms with Gasteiger partial charge in [0.2, 0.25) is 5.91 Å². The van der Waals surface area contributed by atoms with E-state index in [2.05, 4.69) is 27.6 Å². The second kappa shape index (κ2) is 10.3. The molecule has 4 rings (SSSR count). The molecule has 1 amide bonds. The Balaban J connectivity index is 1.50. The maximum Gasteiger partial charge on any atom is 0.230 e. The van der Waals surface area contributed by atoms with Crippen molar-refractivity contribution in [2.75, 3.05) is 5.75 Å². The third-order valence-corrected chi connectivity index (χ3v) is 5.84. The molecule has 4 aromatic rings. The second-order valence-electron chi connectivity index (χ2n) is 6.92. The van der Waals surface area contributed by atoms with Gasteiger partial charge in [-0.15, -0.1) is 10.2 Å². The minimum absolute atomic E-state index is 0.0517. The fraction of sp³-hybridized carbons (Fsp3) is 0.125. The Morgan fingerprint density at radius 3 is 2.19 bits per heavy atom. The smallest absolute Gasteiger partial charge is 0.230 e. The van der Waals surface area contributed by atoms with Crippen LogP contribution in [0, 0.1) is 0 Å². The standard InChI is InChI=1S/C24H21ClN4OS/c25-20-11-13-21(14-12-20)29-22(15-18-7-3-1-4-8-18)27-28-24(29)31-17-23(30)26-16-19-9-5-2-6-10-19/h1-14H,15-17H2,(H,26,30). The van der Waals surface area contributed by atoms with Gasteiger partial charge in [-0.2, -0.15) is 0 Å². The van der Waals surface area contributed by atoms with E-state index in [4.69, 9.17) is 11.6 Å². The van der Waals surface area contributed by atoms with Crippen LogP contribution in [0.15, 0.2) is 90.1 Å². The van der Waals surface area contributed by atoms with E-state index in [1.54, 1.807) is 0 Å². The lowest BCUT2D eigenvalue weighted by Crippen LogP contribution is -2.24. The minimum Gasteiger partial charge on any atom is -0.351 e. The van der Waals surface area contributed by atoms with Crippen LogP contribution in [-0.2, 0) is 17.8 Å². The van der Waals surface area contributed by atoms with Crippen LogP contribution in [0.5, 0.6) is 0 Å². The van der Waals surface area contributed by atoms with Crippen LogP contribution in [0.25, 0.3) is 5.69 Å². The Labute approximate surface area is 190 Å². The van der Waals surface area contributed by atoms with Crippen molar-refractivity contribution < 1.29 is 4.79 Å². The summed E-state index contributed by atoms with van der Waals surface area (Å²) in [5, 5.41) is 13.1. The molecule has 0 saturated heterocycles. The van der Waals surface area contributed by atoms with E-state index in [1.165, 1.54) is 11.8 Å². The van der Waals surface area contributed by atoms with Crippen LogP contribution in [0.1, 0.15) is 17.0 Å². The molecule has 0 atom stereocenters. The van der Waals surface area contributed by atoms with Crippen LogP contribution < -0.4 is 5.32 Å². The van der Waals surface area contributed by atoms with Crippen molar-refractivity contribution in [2.24, 2.45) is 0 Å². The molecule has 0 spiro atoms. The average molecular weight is 449 g/mol. The van der Waals surface area contributed by atoms with Crippen molar-refractivity contribution in [3.05, 3.63) is 107 Å². The first-order valence-corrected chi connectivity index (χ1v) is 11.2. The molecule has 1 heterocycles. The first-order valence-electron chi connectivity index (χ1n) is 9.86. The van der Waals surface area contributed by atoms with Crippen molar-refractivity contribution in [2.45, 2.75) is 18.1 Å². The number of amides is 1. The molecule has 0 fully saturated rings. The molecule has 156 valence electrons. The van der Waals surface area contributed by atoms with Crippen molar-refractivity contribution in [1.29, 1.82) is 0 Å². The van der Waals surface area contributed by atoms with Crippen LogP contribution in [-0.4, -0.2) is 26.4 Å². The van der Waals surface area contributed by atoms with Gasteiger partial charge in [-0.1, -0.05) is 84.0 Å². The highest BCUT2D eigenvalue weighted by molar-refractivity contribution is 7.99. The Hall–Kier alpha value is -3.09. The van der Waals surface area contributed by atoms with Crippen LogP contribution >= 0.6 is 23.4 Å². The lowest BCUT2D eigenvalue weighted by molar-refractivity contribution is -0.118. The van der Waals surface area contributed by atoms with Gasteiger partial charge in [0.15, 0.2) is 5.16 Å². The molecule has 1 aromatic heterocycles. The quantitative estimate of drug-likeness (QED) is 0.389. The van der Waals surface area contributed by atoms with Gasteiger partial charge in [-0.05, 0) is 35.4 Å². The molecule has 0 bridgehead atoms. The molecule has 3 aromatic carbocycles. The summed E-state index contributed by atoms with van der Waals surface area (Å²) in [5.74, 6) is 1.01. The number of carbonyl (C=O) groups excluding carboxylic acids is 1. The summed E-state index contributed by atoms with van der Waals surface area (Å²) in [6.45, 7) is 0.503. The van der Waals surface area contributed by atoms with Gasteiger partial charge < -0.3 is 5.32 Å². The van der Waals surface area contributed by atoms with Crippen molar-refractivity contribution >= 4 is 29.3 Å². The van der Waals surface area contributed by atoms with Gasteiger partial charge in [0.25, 0.3) is 0 Å². The molecule has 7 heteroatoms. The van der Waals surface area contributed by atoms with E-state index >= 15 is 0 Å². The Morgan fingerprint density at radius 2 is 1.52 bits per heavy atom. The zero-order valence-electron chi connectivity index (χ0n) is 16.7. The van der Waals surface area contributed by atoms with E-state index in [0.29, 0.717) is 23.1 Å². The molecule has 5 nitrogen and oxygen atoms in total. The molecule has 0 unspecified atom stereocenters. The summed E-state index contributed by atoms with van der Waals surface area (Å²) in [6, 6.07) is 27.5. The molecule has 31 heavy (non-hydrogen) atoms. The lowest BCUT2D eigenvalue weighted by Gasteiger charge is -2.11. The topological polar surface area (TPSA) is 59.8 Å². The summed E-state index contributed by atoms with van der Waals surface area (Å²) in [5.41, 5.74) is 3.12. The number of carbonyl (C=O) groups is 1. The molecular weight excluding hydrogens is 428 g/mol. The van der Waals surface area contributed by atoms with Crippen LogP contribution in [0.2, 0.25) is 5.02 Å². The van der Waals surface area contributed by atoms with Crippen molar-refractivity contribution in [3.63, 3.8) is 0 Å². The van der Waals surface area contributed by atoms with Gasteiger partial charge in [0.05, 0.1) is 5.75 Å². The van der Waals surface area contributed by atoms with Crippen molar-refractivity contribution in [1.82, 2.24) is 20.1 Å². The largest absolute Gasteiger partial charge is 0.351 e. The number of nitrogens with zero attached hydrogens (tertiary/aromatic N) is 3. The van der Waals surface area contributed by atoms with E-state index in [-0.39, 0.29) is 11.7 Å². The lowest BCUT2D eigenvalue weighted by atomic mass is 10.1. The highest BCUT2D eigenvalue weighted by atomic mass is 35.5. The fourth-order valence-corrected chi connectivity index (χ4v) is 4.04. The van der Waals surface area contributed by atoms with E-state index in [0.717, 1.165) is 22.6 Å². The molecule has 0 saturated carbocycles. The third-order valence-electron chi connectivity index (χ3n) is 4.66. The number of hydrogen-bond donors (Lipinski definition) is 1. The summed E-state index contributed by atoms with van der Waals surface area (Å²) in [7, 11) is 0. The SMILES string of the molecule is O=C(CSc1nnc(Cc2ccccc2)n1-c1ccc(Cl)cc1)NCc1ccccc1. The molecule has 0 aliphatic rings. The predicted octanol–water partition coefficient (Wildman–Crippen LogP) is 4.92. The number of rotatable bonds is 8. The highest BCUT2D eigenvalue weighted by Crippen LogP contribution is 2.24. The molecule has 0 radical (unpaired) electrons. The third kappa shape index (κ3) is 5.75. The number of halogens is 1. The van der Waals surface area contributed by atoms with Crippen LogP contribution in [0.3, 0.4) is 0 Å². The zero-order valence-corrected chi connectivity index (χ0v) is 18.3. The summed E-state index contributed by atoms with van der Waals surface area (Å²) < 4.78 is 1.98. The normalized spacial score (nSPS) is 10.7. The minimum atomic E-state index is -0.0517. The molecule has 1 N–H and O–H groups in total. The number of nitrogens with one attached hydrogen (secondary N) is 1. The van der Waals surface area contributed by atoms with Gasteiger partial charge in [-0.25, -0.2) is 0 Å². The first kappa shape index (κ1) is 21.2. The fourth-order valence-electron chi connectivity index (χ4n) is 3.11. The van der Waals surface area contributed by atoms with E-state index in [1.807, 2.05) is 77.4 Å². The number of hydrogen-bond acceptors (Lipinski definition) is 4. The molecule has 0 aliphatic heterocycles. The van der Waals surface area contributed by atoms with E-state index < -0.39 is 0 Å². The number of thioether (sulfide) groups is 1. The van der Waals surface area contributed by atoms with Crippen LogP contribution in [0.4, 0.5) is 0 Å². The first-order chi connectivity index (χ1) is 15.2. The van der Waals surface area contributed by atoms with Gasteiger partial charge in [0.1, 0.15) is 5.82 Å². The predicted molar refractivity (Wildman–Crippen MR) is 125 cm³/mol. The Bertz CT molecular complexity index is 1130. The van der Waals surface area contributed by atoms with E-state index in [9.17, 15) is 4.79 Å². The maximum atomic E-state index is 12.4. The summed E-state index contributed by atoms with van der Waals surface area (Å²) in [4.78, 5) is 12.4. The van der Waals surface area contributed by atoms with Gasteiger partial charge in [-0.3, -0.25) is 9.36 Å². The number of aromatic nitrogens is 3. The maximum absolute atomic E-state index is 12.4. The number of benzene rings is 3. The Morgan fingerprint density at radius 1 is 0.871 bits per heavy atom. The molecule has 0 aliphatic carbocycles. The zero-order chi connectivity index (χ0) is 21.5. The second-order valence-corrected chi connectivity index (χ2v) is 8.30. The summed E-state index contributed by atoms with van der Waals surface area (Å²) in [6.07, 6.45) is 0.636. The average Bonchev–Trinajstić information content (AvgIpc) is 3.20. The summed E-state index contributed by atoms with van der Waals surface area (Å²) >= 11 is 7.44. The van der Waals surface area contributed by atoms with Gasteiger partial charge in [0, 0.05) is 23.7 Å².